The molecule has 7 nitrogen and oxygen atoms in total. The monoisotopic (exact) mass is 371 g/mol. The number of esters is 1. The van der Waals surface area contributed by atoms with Crippen molar-refractivity contribution in [1.82, 2.24) is 10.1 Å². The van der Waals surface area contributed by atoms with Gasteiger partial charge in [-0.05, 0) is 48.5 Å². The lowest BCUT2D eigenvalue weighted by molar-refractivity contribution is 0.0430. The van der Waals surface area contributed by atoms with E-state index in [1.165, 1.54) is 24.3 Å². The Labute approximate surface area is 155 Å². The molecule has 2 aromatic carbocycles. The van der Waals surface area contributed by atoms with Gasteiger partial charge in [-0.25, -0.2) is 9.18 Å². The number of nitrogens with zero attached hydrogens (tertiary/aromatic N) is 3. The summed E-state index contributed by atoms with van der Waals surface area (Å²) in [5.74, 6) is 0.104. The number of anilines is 1. The molecule has 1 heterocycles. The summed E-state index contributed by atoms with van der Waals surface area (Å²) in [6.45, 7) is -0.0904. The Balaban J connectivity index is 1.50. The summed E-state index contributed by atoms with van der Waals surface area (Å²) < 4.78 is 28.5. The molecule has 0 saturated carbocycles. The van der Waals surface area contributed by atoms with Gasteiger partial charge in [-0.3, -0.25) is 0 Å². The summed E-state index contributed by atoms with van der Waals surface area (Å²) in [5, 5.41) is 3.75. The van der Waals surface area contributed by atoms with Crippen molar-refractivity contribution in [2.45, 2.75) is 13.2 Å². The van der Waals surface area contributed by atoms with Crippen molar-refractivity contribution in [3.63, 3.8) is 0 Å². The summed E-state index contributed by atoms with van der Waals surface area (Å²) in [4.78, 5) is 18.1. The molecule has 8 heteroatoms. The van der Waals surface area contributed by atoms with Crippen LogP contribution in [0.3, 0.4) is 0 Å². The number of hydrogen-bond donors (Lipinski definition) is 0. The van der Waals surface area contributed by atoms with Gasteiger partial charge in [0.1, 0.15) is 11.6 Å². The van der Waals surface area contributed by atoms with Crippen LogP contribution in [0.4, 0.5) is 10.1 Å². The fourth-order valence-electron chi connectivity index (χ4n) is 2.19. The normalized spacial score (nSPS) is 10.5. The minimum absolute atomic E-state index is 0.0507. The first-order chi connectivity index (χ1) is 13.0. The molecule has 0 fully saturated rings. The fourth-order valence-corrected chi connectivity index (χ4v) is 2.19. The zero-order valence-corrected chi connectivity index (χ0v) is 14.9. The second-order valence-corrected chi connectivity index (χ2v) is 5.86. The first-order valence-corrected chi connectivity index (χ1v) is 8.15. The van der Waals surface area contributed by atoms with Crippen LogP contribution in [0.5, 0.6) is 5.75 Å². The zero-order valence-electron chi connectivity index (χ0n) is 14.9. The number of rotatable bonds is 7. The number of hydrogen-bond acceptors (Lipinski definition) is 7. The molecular formula is C19H18FN3O4. The molecule has 0 spiro atoms. The van der Waals surface area contributed by atoms with Crippen molar-refractivity contribution in [3.05, 3.63) is 71.6 Å². The van der Waals surface area contributed by atoms with Gasteiger partial charge in [0, 0.05) is 19.8 Å². The number of carbonyl (C=O) groups is 1. The third kappa shape index (κ3) is 5.04. The highest BCUT2D eigenvalue weighted by molar-refractivity contribution is 5.89. The van der Waals surface area contributed by atoms with Gasteiger partial charge in [-0.1, -0.05) is 5.16 Å². The Bertz CT molecular complexity index is 892. The van der Waals surface area contributed by atoms with Gasteiger partial charge in [-0.2, -0.15) is 4.98 Å². The SMILES string of the molecule is CN(C)c1ccc(C(=O)OCc2nc(COc3ccc(F)cc3)no2)cc1. The Hall–Kier alpha value is -3.42. The van der Waals surface area contributed by atoms with Crippen LogP contribution in [0.1, 0.15) is 22.1 Å². The number of ether oxygens (including phenoxy) is 2. The van der Waals surface area contributed by atoms with Crippen molar-refractivity contribution >= 4 is 11.7 Å². The Morgan fingerprint density at radius 3 is 2.44 bits per heavy atom. The van der Waals surface area contributed by atoms with E-state index in [0.29, 0.717) is 17.1 Å². The molecule has 0 saturated heterocycles. The van der Waals surface area contributed by atoms with E-state index >= 15 is 0 Å². The summed E-state index contributed by atoms with van der Waals surface area (Å²) in [6.07, 6.45) is 0. The van der Waals surface area contributed by atoms with Crippen molar-refractivity contribution in [2.24, 2.45) is 0 Å². The predicted molar refractivity (Wildman–Crippen MR) is 94.9 cm³/mol. The Morgan fingerprint density at radius 2 is 1.78 bits per heavy atom. The maximum atomic E-state index is 12.8. The molecule has 0 aliphatic carbocycles. The standard InChI is InChI=1S/C19H18FN3O4/c1-23(2)15-7-3-13(4-8-15)19(24)26-12-18-21-17(22-27-18)11-25-16-9-5-14(20)6-10-16/h3-10H,11-12H2,1-2H3. The maximum absolute atomic E-state index is 12.8. The summed E-state index contributed by atoms with van der Waals surface area (Å²) in [6, 6.07) is 12.6. The van der Waals surface area contributed by atoms with Crippen LogP contribution < -0.4 is 9.64 Å². The first-order valence-electron chi connectivity index (χ1n) is 8.15. The highest BCUT2D eigenvalue weighted by Gasteiger charge is 2.12. The lowest BCUT2D eigenvalue weighted by Gasteiger charge is -2.12. The van der Waals surface area contributed by atoms with Crippen molar-refractivity contribution in [1.29, 1.82) is 0 Å². The second-order valence-electron chi connectivity index (χ2n) is 5.86. The minimum Gasteiger partial charge on any atom is -0.485 e. The number of carbonyl (C=O) groups excluding carboxylic acids is 1. The molecule has 0 aliphatic heterocycles. The molecular weight excluding hydrogens is 353 g/mol. The van der Waals surface area contributed by atoms with Crippen LogP contribution in [0.2, 0.25) is 0 Å². The minimum atomic E-state index is -0.484. The third-order valence-electron chi connectivity index (χ3n) is 3.64. The van der Waals surface area contributed by atoms with Gasteiger partial charge >= 0.3 is 5.97 Å². The van der Waals surface area contributed by atoms with E-state index in [2.05, 4.69) is 10.1 Å². The Kier molecular flexibility index (Phi) is 5.65. The zero-order chi connectivity index (χ0) is 19.2. The maximum Gasteiger partial charge on any atom is 0.338 e. The van der Waals surface area contributed by atoms with Gasteiger partial charge in [0.15, 0.2) is 13.2 Å². The summed E-state index contributed by atoms with van der Waals surface area (Å²) in [7, 11) is 3.83. The molecule has 3 rings (SSSR count). The van der Waals surface area contributed by atoms with Gasteiger partial charge < -0.3 is 18.9 Å². The highest BCUT2D eigenvalue weighted by atomic mass is 19.1. The quantitative estimate of drug-likeness (QED) is 0.590. The number of halogens is 1. The molecule has 0 atom stereocenters. The first kappa shape index (κ1) is 18.4. The molecule has 1 aromatic heterocycles. The number of aromatic nitrogens is 2. The molecule has 0 bridgehead atoms. The van der Waals surface area contributed by atoms with Gasteiger partial charge in [0.25, 0.3) is 5.89 Å². The molecule has 0 N–H and O–H groups in total. The van der Waals surface area contributed by atoms with Gasteiger partial charge in [0.05, 0.1) is 5.56 Å². The summed E-state index contributed by atoms with van der Waals surface area (Å²) in [5.41, 5.74) is 1.41. The molecule has 0 aliphatic rings. The van der Waals surface area contributed by atoms with E-state index in [0.717, 1.165) is 5.69 Å². The van der Waals surface area contributed by atoms with E-state index in [1.54, 1.807) is 12.1 Å². The highest BCUT2D eigenvalue weighted by Crippen LogP contribution is 2.14. The van der Waals surface area contributed by atoms with Crippen LogP contribution >= 0.6 is 0 Å². The van der Waals surface area contributed by atoms with Crippen LogP contribution in [0.15, 0.2) is 53.1 Å². The molecule has 0 unspecified atom stereocenters. The van der Waals surface area contributed by atoms with Crippen molar-refractivity contribution < 1.29 is 23.2 Å². The average Bonchev–Trinajstić information content (AvgIpc) is 3.13. The predicted octanol–water partition coefficient (Wildman–Crippen LogP) is 3.21. The fraction of sp³-hybridized carbons (Fsp3) is 0.211. The van der Waals surface area contributed by atoms with Gasteiger partial charge in [0.2, 0.25) is 5.82 Å². The smallest absolute Gasteiger partial charge is 0.338 e. The molecule has 140 valence electrons. The second kappa shape index (κ2) is 8.31. The molecule has 3 aromatic rings. The number of benzene rings is 2. The van der Waals surface area contributed by atoms with Crippen molar-refractivity contribution in [3.8, 4) is 5.75 Å². The average molecular weight is 371 g/mol. The molecule has 27 heavy (non-hydrogen) atoms. The van der Waals surface area contributed by atoms with Crippen LogP contribution in [-0.2, 0) is 18.0 Å². The van der Waals surface area contributed by atoms with E-state index < -0.39 is 5.97 Å². The largest absolute Gasteiger partial charge is 0.485 e. The van der Waals surface area contributed by atoms with E-state index in [4.69, 9.17) is 14.0 Å². The lowest BCUT2D eigenvalue weighted by Crippen LogP contribution is -2.09. The third-order valence-corrected chi connectivity index (χ3v) is 3.64. The Morgan fingerprint density at radius 1 is 1.07 bits per heavy atom. The summed E-state index contributed by atoms with van der Waals surface area (Å²) >= 11 is 0. The van der Waals surface area contributed by atoms with Crippen LogP contribution in [0, 0.1) is 5.82 Å². The van der Waals surface area contributed by atoms with Gasteiger partial charge in [-0.15, -0.1) is 0 Å². The topological polar surface area (TPSA) is 77.7 Å². The lowest BCUT2D eigenvalue weighted by atomic mass is 10.2. The van der Waals surface area contributed by atoms with Crippen molar-refractivity contribution in [2.75, 3.05) is 19.0 Å². The molecule has 0 radical (unpaired) electrons. The van der Waals surface area contributed by atoms with E-state index in [1.807, 2.05) is 31.1 Å². The van der Waals surface area contributed by atoms with E-state index in [-0.39, 0.29) is 24.9 Å². The molecule has 0 amide bonds. The van der Waals surface area contributed by atoms with Crippen LogP contribution in [-0.4, -0.2) is 30.2 Å². The van der Waals surface area contributed by atoms with Crippen LogP contribution in [0.25, 0.3) is 0 Å². The van der Waals surface area contributed by atoms with E-state index in [9.17, 15) is 9.18 Å².